The summed E-state index contributed by atoms with van der Waals surface area (Å²) in [5, 5.41) is 8.78. The predicted octanol–water partition coefficient (Wildman–Crippen LogP) is 4.78. The zero-order valence-electron chi connectivity index (χ0n) is 28.7. The number of nitrogens with one attached hydrogen (secondary N) is 3. The van der Waals surface area contributed by atoms with Gasteiger partial charge in [-0.1, -0.05) is 75.7 Å². The van der Waals surface area contributed by atoms with Crippen LogP contribution in [0.15, 0.2) is 67.0 Å². The lowest BCUT2D eigenvalue weighted by atomic mass is 9.43. The van der Waals surface area contributed by atoms with Crippen molar-refractivity contribution in [2.45, 2.75) is 84.5 Å². The molecule has 0 unspecified atom stereocenters. The molecule has 3 aromatic rings. The molecule has 6 atom stereocenters. The molecule has 11 heteroatoms. The monoisotopic (exact) mass is 651 g/mol. The van der Waals surface area contributed by atoms with Crippen molar-refractivity contribution in [3.05, 3.63) is 83.8 Å². The third kappa shape index (κ3) is 6.76. The number of aromatic nitrogens is 2. The van der Waals surface area contributed by atoms with Gasteiger partial charge in [-0.2, -0.15) is 0 Å². The van der Waals surface area contributed by atoms with Crippen LogP contribution in [0, 0.1) is 30.1 Å². The van der Waals surface area contributed by atoms with E-state index >= 15 is 0 Å². The molecule has 252 valence electrons. The average molecular weight is 652 g/mol. The normalized spacial score (nSPS) is 25.0. The van der Waals surface area contributed by atoms with Crippen LogP contribution in [0.3, 0.4) is 0 Å². The average Bonchev–Trinajstić information content (AvgIpc) is 3.44. The first-order valence-electron chi connectivity index (χ1n) is 17.0. The molecular weight excluding hydrogens is 605 g/mol. The molecular formula is C37H46BN5O5. The summed E-state index contributed by atoms with van der Waals surface area (Å²) < 4.78 is 13.3. The van der Waals surface area contributed by atoms with Gasteiger partial charge in [-0.15, -0.1) is 0 Å². The Morgan fingerprint density at radius 1 is 0.958 bits per heavy atom. The van der Waals surface area contributed by atoms with E-state index in [9.17, 15) is 14.4 Å². The van der Waals surface area contributed by atoms with Crippen LogP contribution in [0.5, 0.6) is 0 Å². The summed E-state index contributed by atoms with van der Waals surface area (Å²) in [6, 6.07) is 15.4. The van der Waals surface area contributed by atoms with E-state index in [1.165, 1.54) is 6.20 Å². The van der Waals surface area contributed by atoms with Gasteiger partial charge >= 0.3 is 7.12 Å². The molecule has 3 aliphatic carbocycles. The van der Waals surface area contributed by atoms with E-state index in [1.807, 2.05) is 49.4 Å². The lowest BCUT2D eigenvalue weighted by molar-refractivity contribution is -0.199. The maximum Gasteiger partial charge on any atom is 0.481 e. The van der Waals surface area contributed by atoms with Crippen molar-refractivity contribution in [1.82, 2.24) is 25.9 Å². The molecule has 3 saturated carbocycles. The smallest absolute Gasteiger partial charge is 0.404 e. The number of amides is 3. The largest absolute Gasteiger partial charge is 0.481 e. The highest BCUT2D eigenvalue weighted by Crippen LogP contribution is 2.65. The zero-order chi connectivity index (χ0) is 34.2. The Bertz CT molecular complexity index is 1650. The molecule has 48 heavy (non-hydrogen) atoms. The second-order valence-corrected chi connectivity index (χ2v) is 14.8. The summed E-state index contributed by atoms with van der Waals surface area (Å²) in [6.07, 6.45) is 5.58. The number of rotatable bonds is 11. The number of benzene rings is 2. The minimum absolute atomic E-state index is 0.0365. The first-order chi connectivity index (χ1) is 22.8. The summed E-state index contributed by atoms with van der Waals surface area (Å²) in [4.78, 5) is 49.5. The Hall–Kier alpha value is -4.09. The Balaban J connectivity index is 1.21. The molecule has 0 spiro atoms. The van der Waals surface area contributed by atoms with Crippen molar-refractivity contribution in [1.29, 1.82) is 0 Å². The third-order valence-corrected chi connectivity index (χ3v) is 10.7. The molecule has 1 aromatic heterocycles. The van der Waals surface area contributed by atoms with Gasteiger partial charge in [0.25, 0.3) is 11.8 Å². The molecule has 4 fully saturated rings. The van der Waals surface area contributed by atoms with Crippen LogP contribution < -0.4 is 16.0 Å². The van der Waals surface area contributed by atoms with Crippen LogP contribution in [-0.4, -0.2) is 65.0 Å². The molecule has 2 heterocycles. The zero-order valence-corrected chi connectivity index (χ0v) is 28.7. The van der Waals surface area contributed by atoms with Crippen molar-refractivity contribution in [2.75, 3.05) is 6.54 Å². The first-order valence-corrected chi connectivity index (χ1v) is 17.0. The van der Waals surface area contributed by atoms with Crippen LogP contribution in [0.4, 0.5) is 0 Å². The van der Waals surface area contributed by atoms with Gasteiger partial charge in [-0.3, -0.25) is 19.4 Å². The molecule has 10 nitrogen and oxygen atoms in total. The van der Waals surface area contributed by atoms with Crippen molar-refractivity contribution >= 4 is 24.8 Å². The maximum atomic E-state index is 14.1. The van der Waals surface area contributed by atoms with Crippen molar-refractivity contribution in [3.63, 3.8) is 0 Å². The van der Waals surface area contributed by atoms with Crippen LogP contribution in [-0.2, 0) is 14.1 Å². The molecule has 2 bridgehead atoms. The molecule has 4 aliphatic rings. The number of nitrogens with zero attached hydrogens (tertiary/aromatic N) is 2. The van der Waals surface area contributed by atoms with Crippen molar-refractivity contribution in [3.8, 4) is 11.3 Å². The topological polar surface area (TPSA) is 132 Å². The number of hydrogen-bond donors (Lipinski definition) is 3. The first kappa shape index (κ1) is 33.8. The maximum absolute atomic E-state index is 14.1. The molecule has 1 aliphatic heterocycles. The van der Waals surface area contributed by atoms with Gasteiger partial charge in [0.1, 0.15) is 11.7 Å². The fraction of sp³-hybridized carbons (Fsp3) is 0.486. The molecule has 3 amide bonds. The fourth-order valence-electron chi connectivity index (χ4n) is 7.77. The quantitative estimate of drug-likeness (QED) is 0.255. The van der Waals surface area contributed by atoms with E-state index in [0.717, 1.165) is 24.0 Å². The van der Waals surface area contributed by atoms with E-state index < -0.39 is 36.5 Å². The Kier molecular flexibility index (Phi) is 9.46. The summed E-state index contributed by atoms with van der Waals surface area (Å²) in [6.45, 7) is 12.8. The van der Waals surface area contributed by atoms with E-state index in [0.29, 0.717) is 29.5 Å². The van der Waals surface area contributed by atoms with E-state index in [2.05, 4.69) is 60.5 Å². The molecule has 2 aromatic carbocycles. The molecule has 7 rings (SSSR count). The van der Waals surface area contributed by atoms with Crippen molar-refractivity contribution < 1.29 is 23.7 Å². The predicted molar refractivity (Wildman–Crippen MR) is 184 cm³/mol. The van der Waals surface area contributed by atoms with Crippen LogP contribution >= 0.6 is 0 Å². The Labute approximate surface area is 283 Å². The van der Waals surface area contributed by atoms with Crippen LogP contribution in [0.25, 0.3) is 11.3 Å². The van der Waals surface area contributed by atoms with Gasteiger partial charge in [-0.05, 0) is 68.4 Å². The highest BCUT2D eigenvalue weighted by Gasteiger charge is 2.68. The van der Waals surface area contributed by atoms with Gasteiger partial charge < -0.3 is 25.3 Å². The second-order valence-electron chi connectivity index (χ2n) is 14.8. The fourth-order valence-corrected chi connectivity index (χ4v) is 7.77. The van der Waals surface area contributed by atoms with E-state index in [4.69, 9.17) is 9.31 Å². The molecule has 0 radical (unpaired) electrons. The Morgan fingerprint density at radius 3 is 2.38 bits per heavy atom. The Morgan fingerprint density at radius 2 is 1.69 bits per heavy atom. The number of carbonyl (C=O) groups is 3. The van der Waals surface area contributed by atoms with Gasteiger partial charge in [0, 0.05) is 17.7 Å². The highest BCUT2D eigenvalue weighted by molar-refractivity contribution is 6.48. The van der Waals surface area contributed by atoms with Crippen LogP contribution in [0.2, 0.25) is 0 Å². The molecule has 3 N–H and O–H groups in total. The number of aryl methyl sites for hydroxylation is 1. The minimum atomic E-state index is -1.12. The summed E-state index contributed by atoms with van der Waals surface area (Å²) in [5.74, 6) is -0.650. The molecule has 1 saturated heterocycles. The van der Waals surface area contributed by atoms with E-state index in [1.54, 1.807) is 18.3 Å². The number of hydrogen-bond acceptors (Lipinski definition) is 7. The lowest BCUT2D eigenvalue weighted by Gasteiger charge is -2.64. The van der Waals surface area contributed by atoms with E-state index in [-0.39, 0.29) is 35.6 Å². The summed E-state index contributed by atoms with van der Waals surface area (Å²) in [5.41, 5.74) is 2.63. The second kappa shape index (κ2) is 13.4. The highest BCUT2D eigenvalue weighted by atomic mass is 16.7. The van der Waals surface area contributed by atoms with Gasteiger partial charge in [0.05, 0.1) is 35.7 Å². The summed E-state index contributed by atoms with van der Waals surface area (Å²) in [7, 11) is -0.631. The van der Waals surface area contributed by atoms with Gasteiger partial charge in [-0.25, -0.2) is 4.98 Å². The third-order valence-electron chi connectivity index (χ3n) is 10.7. The van der Waals surface area contributed by atoms with Gasteiger partial charge in [0.2, 0.25) is 5.91 Å². The van der Waals surface area contributed by atoms with Crippen LogP contribution in [0.1, 0.15) is 80.3 Å². The minimum Gasteiger partial charge on any atom is -0.404 e. The standard InChI is InChI=1S/C37H46BN5O5/c1-22(2)16-32(38-47-31-18-26-17-30(36(26,4)5)37(31,6)48-38)43-35(46)29(21-40-33(44)25-14-12-23(3)13-15-25)42-34(45)28-20-39-19-27(41-28)24-10-8-7-9-11-24/h7-15,19-20,22,26,29-32H,16-18,21H2,1-6H3,(H,40,44)(H,42,45)(H,43,46)/t26-,29-,30-,31+,32-,37-/m0/s1. The van der Waals surface area contributed by atoms with Crippen molar-refractivity contribution in [2.24, 2.45) is 23.2 Å². The summed E-state index contributed by atoms with van der Waals surface area (Å²) >= 11 is 0. The van der Waals surface area contributed by atoms with Gasteiger partial charge in [0.15, 0.2) is 0 Å². The lowest BCUT2D eigenvalue weighted by Crippen LogP contribution is -2.65. The number of carbonyl (C=O) groups excluding carboxylic acids is 3. The SMILES string of the molecule is Cc1ccc(C(=O)NC[C@H](NC(=O)c2cncc(-c3ccccc3)n2)C(=O)N[C@@H](CC(C)C)B2O[C@@H]3C[C@@H]4C[C@@H](C4(C)C)[C@]3(C)O2)cc1.